The zero-order valence-corrected chi connectivity index (χ0v) is 26.0. The van der Waals surface area contributed by atoms with Crippen molar-refractivity contribution >= 4 is 11.6 Å². The van der Waals surface area contributed by atoms with Gasteiger partial charge in [-0.15, -0.1) is 0 Å². The molecule has 0 unspecified atom stereocenters. The maximum absolute atomic E-state index is 13.6. The number of rotatable bonds is 5. The van der Waals surface area contributed by atoms with Crippen molar-refractivity contribution in [3.8, 4) is 11.4 Å². The number of hydrogen-bond acceptors (Lipinski definition) is 7. The van der Waals surface area contributed by atoms with Crippen molar-refractivity contribution in [3.05, 3.63) is 72.3 Å². The van der Waals surface area contributed by atoms with Gasteiger partial charge in [0.05, 0.1) is 11.3 Å². The Bertz CT molecular complexity index is 1520. The molecule has 1 atom stereocenters. The van der Waals surface area contributed by atoms with Gasteiger partial charge in [-0.3, -0.25) is 14.7 Å². The van der Waals surface area contributed by atoms with Crippen molar-refractivity contribution in [2.75, 3.05) is 44.2 Å². The van der Waals surface area contributed by atoms with Crippen molar-refractivity contribution < 1.29 is 23.1 Å². The van der Waals surface area contributed by atoms with E-state index in [0.29, 0.717) is 62.0 Å². The first-order valence-electron chi connectivity index (χ1n) is 16.5. The van der Waals surface area contributed by atoms with Gasteiger partial charge in [-0.1, -0.05) is 6.07 Å². The van der Waals surface area contributed by atoms with Crippen LogP contribution in [-0.2, 0) is 16.6 Å². The van der Waals surface area contributed by atoms with Crippen LogP contribution >= 0.6 is 0 Å². The molecule has 1 spiro atoms. The highest BCUT2D eigenvalue weighted by Crippen LogP contribution is 2.45. The van der Waals surface area contributed by atoms with Gasteiger partial charge in [0.25, 0.3) is 0 Å². The highest BCUT2D eigenvalue weighted by molar-refractivity contribution is 5.79. The van der Waals surface area contributed by atoms with Gasteiger partial charge >= 0.3 is 6.18 Å². The second kappa shape index (κ2) is 12.2. The van der Waals surface area contributed by atoms with E-state index in [-0.39, 0.29) is 17.2 Å². The maximum atomic E-state index is 13.6. The topological polar surface area (TPSA) is 85.7 Å². The molecule has 1 N–H and O–H groups in total. The van der Waals surface area contributed by atoms with Gasteiger partial charge in [0.15, 0.2) is 5.82 Å². The lowest BCUT2D eigenvalue weighted by Crippen LogP contribution is -2.44. The highest BCUT2D eigenvalue weighted by Gasteiger charge is 2.48. The number of hydrogen-bond donors (Lipinski definition) is 1. The van der Waals surface area contributed by atoms with Crippen LogP contribution in [-0.4, -0.2) is 81.1 Å². The molecule has 7 rings (SSSR count). The van der Waals surface area contributed by atoms with Crippen LogP contribution in [0.2, 0.25) is 0 Å². The fraction of sp³-hybridized carbons (Fsp3) is 0.543. The smallest absolute Gasteiger partial charge is 0.384 e. The first kappa shape index (κ1) is 31.1. The van der Waals surface area contributed by atoms with E-state index in [9.17, 15) is 23.1 Å². The average Bonchev–Trinajstić information content (AvgIpc) is 3.71. The molecule has 8 nitrogen and oxygen atoms in total. The Balaban J connectivity index is 0.894. The van der Waals surface area contributed by atoms with E-state index in [1.54, 1.807) is 30.7 Å². The molecule has 3 aromatic rings. The number of carbonyl (C=O) groups excluding carboxylic acids is 1. The van der Waals surface area contributed by atoms with E-state index in [1.165, 1.54) is 12.1 Å². The lowest BCUT2D eigenvalue weighted by atomic mass is 9.79. The van der Waals surface area contributed by atoms with E-state index >= 15 is 0 Å². The fourth-order valence-corrected chi connectivity index (χ4v) is 8.21. The molecular weight excluding hydrogens is 593 g/mol. The normalized spacial score (nSPS) is 27.9. The van der Waals surface area contributed by atoms with E-state index < -0.39 is 17.3 Å². The van der Waals surface area contributed by atoms with Gasteiger partial charge in [0.2, 0.25) is 5.91 Å². The van der Waals surface area contributed by atoms with Crippen LogP contribution < -0.4 is 4.90 Å². The molecule has 0 radical (unpaired) electrons. The quantitative estimate of drug-likeness (QED) is 0.395. The number of alkyl halides is 3. The van der Waals surface area contributed by atoms with Crippen LogP contribution in [0.1, 0.15) is 62.6 Å². The molecule has 3 saturated heterocycles. The summed E-state index contributed by atoms with van der Waals surface area (Å²) >= 11 is 0. The van der Waals surface area contributed by atoms with Crippen molar-refractivity contribution in [3.63, 3.8) is 0 Å². The van der Waals surface area contributed by atoms with Crippen molar-refractivity contribution in [1.82, 2.24) is 24.8 Å². The second-order valence-corrected chi connectivity index (χ2v) is 13.8. The van der Waals surface area contributed by atoms with Crippen LogP contribution in [0.5, 0.6) is 0 Å². The van der Waals surface area contributed by atoms with Gasteiger partial charge in [-0.2, -0.15) is 13.2 Å². The minimum Gasteiger partial charge on any atom is -0.384 e. The Hall–Kier alpha value is -3.57. The van der Waals surface area contributed by atoms with Crippen LogP contribution in [0, 0.1) is 11.3 Å². The molecule has 0 bridgehead atoms. The molecule has 1 saturated carbocycles. The van der Waals surface area contributed by atoms with Gasteiger partial charge in [0, 0.05) is 79.9 Å². The van der Waals surface area contributed by atoms with Crippen molar-refractivity contribution in [1.29, 1.82) is 0 Å². The number of anilines is 1. The molecule has 1 aromatic carbocycles. The molecule has 1 aliphatic carbocycles. The molecule has 4 fully saturated rings. The van der Waals surface area contributed by atoms with Crippen molar-refractivity contribution in [2.24, 2.45) is 11.3 Å². The number of nitrogens with zero attached hydrogens (tertiary/aromatic N) is 6. The van der Waals surface area contributed by atoms with Gasteiger partial charge < -0.3 is 14.9 Å². The molecule has 4 aliphatic rings. The number of likely N-dealkylation sites (tertiary alicyclic amines) is 2. The zero-order chi connectivity index (χ0) is 31.9. The summed E-state index contributed by atoms with van der Waals surface area (Å²) in [6, 6.07) is 11.5. The molecule has 3 aliphatic heterocycles. The third kappa shape index (κ3) is 6.23. The summed E-state index contributed by atoms with van der Waals surface area (Å²) in [5, 5.41) is 11.5. The van der Waals surface area contributed by atoms with E-state index in [0.717, 1.165) is 63.5 Å². The number of piperidine rings is 1. The molecule has 1 amide bonds. The minimum absolute atomic E-state index is 0.0754. The number of carbonyl (C=O) groups is 1. The van der Waals surface area contributed by atoms with Gasteiger partial charge in [0.1, 0.15) is 5.60 Å². The molecule has 11 heteroatoms. The number of aromatic nitrogens is 3. The van der Waals surface area contributed by atoms with Gasteiger partial charge in [-0.25, -0.2) is 9.97 Å². The monoisotopic (exact) mass is 634 g/mol. The second-order valence-electron chi connectivity index (χ2n) is 13.8. The molecule has 2 aromatic heterocycles. The summed E-state index contributed by atoms with van der Waals surface area (Å²) < 4.78 is 39.6. The maximum Gasteiger partial charge on any atom is 0.416 e. The Morgan fingerprint density at radius 3 is 2.28 bits per heavy atom. The number of halogens is 3. The highest BCUT2D eigenvalue weighted by atomic mass is 19.4. The Morgan fingerprint density at radius 2 is 1.59 bits per heavy atom. The third-order valence-corrected chi connectivity index (χ3v) is 11.0. The summed E-state index contributed by atoms with van der Waals surface area (Å²) in [5.74, 6) is 0.750. The number of aliphatic hydroxyl groups is 1. The number of amides is 1. The summed E-state index contributed by atoms with van der Waals surface area (Å²) in [6.45, 7) is 4.73. The Labute approximate surface area is 267 Å². The molecule has 46 heavy (non-hydrogen) atoms. The van der Waals surface area contributed by atoms with Crippen LogP contribution in [0.3, 0.4) is 0 Å². The SMILES string of the molecule is O=C(C1CCN(c2cccc(C(F)(F)F)c2)CC1)N1CC[C@]2(CCN(C3CCC(O)(c4ccc(-c5ncccn5)cn4)CC3)C2)C1. The van der Waals surface area contributed by atoms with Gasteiger partial charge in [-0.05, 0) is 94.3 Å². The number of benzene rings is 1. The predicted molar refractivity (Wildman–Crippen MR) is 168 cm³/mol. The lowest BCUT2D eigenvalue weighted by molar-refractivity contribution is -0.137. The number of pyridine rings is 1. The van der Waals surface area contributed by atoms with Crippen LogP contribution in [0.4, 0.5) is 18.9 Å². The molecular formula is C35H41F3N6O2. The first-order valence-corrected chi connectivity index (χ1v) is 16.5. The fourth-order valence-electron chi connectivity index (χ4n) is 8.21. The summed E-state index contributed by atoms with van der Waals surface area (Å²) in [5.41, 5.74) is 0.654. The van der Waals surface area contributed by atoms with Crippen LogP contribution in [0.25, 0.3) is 11.4 Å². The van der Waals surface area contributed by atoms with Crippen LogP contribution in [0.15, 0.2) is 61.1 Å². The lowest BCUT2D eigenvalue weighted by Gasteiger charge is -2.40. The summed E-state index contributed by atoms with van der Waals surface area (Å²) in [4.78, 5) is 33.3. The molecule has 5 heterocycles. The Morgan fingerprint density at radius 1 is 0.848 bits per heavy atom. The average molecular weight is 635 g/mol. The van der Waals surface area contributed by atoms with Crippen molar-refractivity contribution in [2.45, 2.75) is 69.2 Å². The van der Waals surface area contributed by atoms with E-state index in [4.69, 9.17) is 0 Å². The standard InChI is InChI=1S/C35H41F3N6O2/c36-35(37,38)27-3-1-4-29(21-27)42-17-9-25(10-18-42)32(45)44-20-14-33(24-44)13-19-43(23-33)28-7-11-34(46,12-8-28)30-6-5-26(22-41-30)31-39-15-2-16-40-31/h1-6,15-16,21-22,25,28,46H,7-14,17-20,23-24H2/t28?,33-,34?/m0/s1. The zero-order valence-electron chi connectivity index (χ0n) is 26.0. The summed E-state index contributed by atoms with van der Waals surface area (Å²) in [7, 11) is 0. The minimum atomic E-state index is -4.36. The first-order chi connectivity index (χ1) is 22.1. The largest absolute Gasteiger partial charge is 0.416 e. The van der Waals surface area contributed by atoms with E-state index in [2.05, 4.69) is 24.8 Å². The summed E-state index contributed by atoms with van der Waals surface area (Å²) in [6.07, 6.45) is 7.34. The Kier molecular flexibility index (Phi) is 8.25. The molecule has 244 valence electrons. The third-order valence-electron chi connectivity index (χ3n) is 11.0. The predicted octanol–water partition coefficient (Wildman–Crippen LogP) is 5.53. The van der Waals surface area contributed by atoms with E-state index in [1.807, 2.05) is 17.0 Å².